The fourth-order valence-corrected chi connectivity index (χ4v) is 2.45. The summed E-state index contributed by atoms with van der Waals surface area (Å²) >= 11 is 2.46. The van der Waals surface area contributed by atoms with Crippen LogP contribution in [-0.2, 0) is 0 Å². The summed E-state index contributed by atoms with van der Waals surface area (Å²) in [6, 6.07) is 1.50. The second-order valence-electron chi connectivity index (χ2n) is 2.79. The van der Waals surface area contributed by atoms with Crippen molar-refractivity contribution >= 4 is 34.9 Å². The Labute approximate surface area is 99.3 Å². The first-order valence-corrected chi connectivity index (χ1v) is 5.75. The van der Waals surface area contributed by atoms with Crippen LogP contribution in [0.15, 0.2) is 28.0 Å². The average Bonchev–Trinajstić information content (AvgIpc) is 2.73. The molecule has 0 saturated heterocycles. The van der Waals surface area contributed by atoms with Gasteiger partial charge in [-0.3, -0.25) is 4.79 Å². The highest BCUT2D eigenvalue weighted by Gasteiger charge is 2.12. The van der Waals surface area contributed by atoms with Crippen molar-refractivity contribution in [2.24, 2.45) is 5.73 Å². The lowest BCUT2D eigenvalue weighted by molar-refractivity contribution is 0.0997. The highest BCUT2D eigenvalue weighted by molar-refractivity contribution is 8.01. The van der Waals surface area contributed by atoms with Gasteiger partial charge in [-0.1, -0.05) is 0 Å². The normalized spacial score (nSPS) is 10.2. The molecule has 2 aromatic heterocycles. The lowest BCUT2D eigenvalue weighted by atomic mass is 10.2. The topological polar surface area (TPSA) is 108 Å². The second-order valence-corrected chi connectivity index (χ2v) is 4.81. The van der Waals surface area contributed by atoms with Gasteiger partial charge in [0.05, 0.1) is 17.4 Å². The van der Waals surface area contributed by atoms with E-state index in [9.17, 15) is 4.79 Å². The summed E-state index contributed by atoms with van der Waals surface area (Å²) in [7, 11) is 0. The van der Waals surface area contributed by atoms with Crippen LogP contribution in [-0.4, -0.2) is 20.2 Å². The van der Waals surface area contributed by atoms with Crippen LogP contribution >= 0.6 is 23.3 Å². The van der Waals surface area contributed by atoms with Gasteiger partial charge in [-0.2, -0.15) is 4.37 Å². The molecule has 2 heterocycles. The predicted octanol–water partition coefficient (Wildman–Crippen LogP) is 0.765. The highest BCUT2D eigenvalue weighted by atomic mass is 32.2. The van der Waals surface area contributed by atoms with Crippen molar-refractivity contribution in [3.8, 4) is 0 Å². The van der Waals surface area contributed by atoms with Gasteiger partial charge in [-0.15, -0.1) is 0 Å². The molecule has 0 radical (unpaired) electrons. The van der Waals surface area contributed by atoms with Crippen molar-refractivity contribution in [2.45, 2.75) is 9.37 Å². The number of nitrogens with zero attached hydrogens (tertiary/aromatic N) is 3. The van der Waals surface area contributed by atoms with Crippen LogP contribution in [0.25, 0.3) is 0 Å². The van der Waals surface area contributed by atoms with Crippen molar-refractivity contribution in [1.29, 1.82) is 0 Å². The van der Waals surface area contributed by atoms with Crippen LogP contribution in [0.3, 0.4) is 0 Å². The van der Waals surface area contributed by atoms with E-state index in [2.05, 4.69) is 14.3 Å². The smallest absolute Gasteiger partial charge is 0.251 e. The summed E-state index contributed by atoms with van der Waals surface area (Å²) < 4.78 is 4.55. The number of aromatic nitrogens is 3. The molecule has 16 heavy (non-hydrogen) atoms. The Hall–Kier alpha value is -1.67. The number of anilines is 1. The lowest BCUT2D eigenvalue weighted by Crippen LogP contribution is -2.13. The molecule has 0 spiro atoms. The molecule has 4 N–H and O–H groups in total. The number of rotatable bonds is 3. The molecular weight excluding hydrogens is 246 g/mol. The van der Waals surface area contributed by atoms with E-state index in [4.69, 9.17) is 11.5 Å². The van der Waals surface area contributed by atoms with Crippen LogP contribution in [0.1, 0.15) is 10.4 Å². The number of nitrogen functional groups attached to an aromatic ring is 1. The molecular formula is C8H7N5OS2. The molecule has 1 amide bonds. The molecule has 0 aromatic carbocycles. The first-order chi connectivity index (χ1) is 7.66. The zero-order chi connectivity index (χ0) is 11.5. The Morgan fingerprint density at radius 1 is 1.44 bits per heavy atom. The van der Waals surface area contributed by atoms with Gasteiger partial charge in [0.1, 0.15) is 11.4 Å². The molecule has 0 unspecified atom stereocenters. The summed E-state index contributed by atoms with van der Waals surface area (Å²) in [5.74, 6) is -0.563. The van der Waals surface area contributed by atoms with Gasteiger partial charge in [-0.25, -0.2) is 9.97 Å². The number of nitrogens with two attached hydrogens (primary N) is 2. The fourth-order valence-electron chi connectivity index (χ4n) is 1.02. The largest absolute Gasteiger partial charge is 0.397 e. The third-order valence-corrected chi connectivity index (χ3v) is 3.40. The summed E-state index contributed by atoms with van der Waals surface area (Å²) in [5.41, 5.74) is 11.5. The van der Waals surface area contributed by atoms with Gasteiger partial charge in [0.15, 0.2) is 4.34 Å². The number of primary amides is 1. The second kappa shape index (κ2) is 4.45. The van der Waals surface area contributed by atoms with Gasteiger partial charge in [0.2, 0.25) is 0 Å². The van der Waals surface area contributed by atoms with E-state index in [1.807, 2.05) is 0 Å². The molecule has 0 aliphatic rings. The Morgan fingerprint density at radius 2 is 2.25 bits per heavy atom. The summed E-state index contributed by atoms with van der Waals surface area (Å²) in [5, 5.41) is 0.485. The van der Waals surface area contributed by atoms with Crippen LogP contribution in [0, 0.1) is 0 Å². The van der Waals surface area contributed by atoms with E-state index in [-0.39, 0.29) is 0 Å². The van der Waals surface area contributed by atoms with Gasteiger partial charge >= 0.3 is 0 Å². The molecule has 82 valence electrons. The summed E-state index contributed by atoms with van der Waals surface area (Å²) in [4.78, 5) is 19.2. The van der Waals surface area contributed by atoms with E-state index in [0.29, 0.717) is 20.6 Å². The monoisotopic (exact) mass is 253 g/mol. The molecule has 8 heteroatoms. The van der Waals surface area contributed by atoms with Crippen molar-refractivity contribution < 1.29 is 4.79 Å². The fraction of sp³-hybridized carbons (Fsp3) is 0. The third kappa shape index (κ3) is 2.28. The molecule has 0 fully saturated rings. The minimum atomic E-state index is -0.563. The zero-order valence-corrected chi connectivity index (χ0v) is 9.59. The molecule has 2 rings (SSSR count). The van der Waals surface area contributed by atoms with Gasteiger partial charge in [0, 0.05) is 0 Å². The van der Waals surface area contributed by atoms with Crippen molar-refractivity contribution in [3.05, 3.63) is 24.2 Å². The van der Waals surface area contributed by atoms with Gasteiger partial charge < -0.3 is 11.5 Å². The van der Waals surface area contributed by atoms with Crippen LogP contribution in [0.4, 0.5) is 5.69 Å². The molecule has 0 atom stereocenters. The predicted molar refractivity (Wildman–Crippen MR) is 61.2 cm³/mol. The lowest BCUT2D eigenvalue weighted by Gasteiger charge is -2.03. The number of hydrogen-bond acceptors (Lipinski definition) is 7. The average molecular weight is 253 g/mol. The molecule has 0 aliphatic heterocycles. The standard InChI is InChI=1S/C8H7N5OS2/c9-4-1-5(6(10)14)7(11-2-4)15-8-12-3-13-16-8/h1-3H,9H2,(H2,10,14). The molecule has 0 aliphatic carbocycles. The zero-order valence-electron chi connectivity index (χ0n) is 7.95. The number of amides is 1. The van der Waals surface area contributed by atoms with Crippen LogP contribution < -0.4 is 11.5 Å². The minimum Gasteiger partial charge on any atom is -0.397 e. The number of pyridine rings is 1. The highest BCUT2D eigenvalue weighted by Crippen LogP contribution is 2.29. The van der Waals surface area contributed by atoms with Crippen molar-refractivity contribution in [2.75, 3.05) is 5.73 Å². The maximum atomic E-state index is 11.2. The minimum absolute atomic E-state index is 0.292. The molecule has 0 saturated carbocycles. The first kappa shape index (κ1) is 10.8. The molecule has 6 nitrogen and oxygen atoms in total. The van der Waals surface area contributed by atoms with E-state index in [0.717, 1.165) is 0 Å². The van der Waals surface area contributed by atoms with Gasteiger partial charge in [-0.05, 0) is 29.4 Å². The van der Waals surface area contributed by atoms with Crippen LogP contribution in [0.2, 0.25) is 0 Å². The Morgan fingerprint density at radius 3 is 2.88 bits per heavy atom. The Kier molecular flexibility index (Phi) is 3.02. The maximum Gasteiger partial charge on any atom is 0.251 e. The first-order valence-electron chi connectivity index (χ1n) is 4.16. The van der Waals surface area contributed by atoms with E-state index >= 15 is 0 Å². The number of hydrogen-bond donors (Lipinski definition) is 2. The van der Waals surface area contributed by atoms with Gasteiger partial charge in [0.25, 0.3) is 5.91 Å². The molecule has 2 aromatic rings. The Bertz CT molecular complexity index is 513. The van der Waals surface area contributed by atoms with E-state index in [1.54, 1.807) is 0 Å². The summed E-state index contributed by atoms with van der Waals surface area (Å²) in [6.45, 7) is 0. The Balaban J connectivity index is 2.36. The van der Waals surface area contributed by atoms with Crippen LogP contribution in [0.5, 0.6) is 0 Å². The number of carbonyl (C=O) groups excluding carboxylic acids is 1. The van der Waals surface area contributed by atoms with E-state index in [1.165, 1.54) is 41.9 Å². The number of carbonyl (C=O) groups is 1. The quantitative estimate of drug-likeness (QED) is 0.836. The van der Waals surface area contributed by atoms with Crippen molar-refractivity contribution in [3.63, 3.8) is 0 Å². The molecule has 0 bridgehead atoms. The third-order valence-electron chi connectivity index (χ3n) is 1.66. The SMILES string of the molecule is NC(=O)c1cc(N)cnc1Sc1ncns1. The maximum absolute atomic E-state index is 11.2. The van der Waals surface area contributed by atoms with Crippen molar-refractivity contribution in [1.82, 2.24) is 14.3 Å². The van der Waals surface area contributed by atoms with E-state index < -0.39 is 5.91 Å². The summed E-state index contributed by atoms with van der Waals surface area (Å²) in [6.07, 6.45) is 2.91.